The number of hydrogen-bond acceptors (Lipinski definition) is 6. The summed E-state index contributed by atoms with van der Waals surface area (Å²) in [5.74, 6) is 1.26. The molecule has 2 aliphatic carbocycles. The largest absolute Gasteiger partial charge is 0.748 e. The first-order valence-electron chi connectivity index (χ1n) is 9.77. The molecule has 1 saturated heterocycles. The van der Waals surface area contributed by atoms with Crippen LogP contribution in [0.1, 0.15) is 44.7 Å². The highest BCUT2D eigenvalue weighted by Gasteiger charge is 2.64. The van der Waals surface area contributed by atoms with Crippen LogP contribution in [0, 0.1) is 22.7 Å². The fraction of sp³-hybridized carbons (Fsp3) is 0.650. The lowest BCUT2D eigenvalue weighted by molar-refractivity contribution is -0.902. The minimum Gasteiger partial charge on any atom is -0.748 e. The Morgan fingerprint density at radius 1 is 1.25 bits per heavy atom. The van der Waals surface area contributed by atoms with Gasteiger partial charge in [0.2, 0.25) is 0 Å². The summed E-state index contributed by atoms with van der Waals surface area (Å²) in [5, 5.41) is 0. The average molecular weight is 410 g/mol. The molecule has 2 saturated carbocycles. The summed E-state index contributed by atoms with van der Waals surface area (Å²) in [7, 11) is -4.33. The lowest BCUT2D eigenvalue weighted by Crippen LogP contribution is -2.81. The third kappa shape index (κ3) is 3.16. The molecule has 2 bridgehead atoms. The van der Waals surface area contributed by atoms with Crippen LogP contribution in [-0.2, 0) is 19.8 Å². The minimum absolute atomic E-state index is 0.0248. The van der Waals surface area contributed by atoms with Crippen molar-refractivity contribution in [2.24, 2.45) is 22.7 Å². The van der Waals surface area contributed by atoms with Crippen molar-refractivity contribution in [1.29, 1.82) is 0 Å². The van der Waals surface area contributed by atoms with E-state index in [4.69, 9.17) is 9.57 Å². The van der Waals surface area contributed by atoms with Gasteiger partial charge in [0.05, 0.1) is 34.0 Å². The molecule has 0 unspecified atom stereocenters. The van der Waals surface area contributed by atoms with E-state index in [0.29, 0.717) is 24.8 Å². The smallest absolute Gasteiger partial charge is 0.153 e. The second-order valence-electron chi connectivity index (χ2n) is 8.97. The molecule has 0 spiro atoms. The van der Waals surface area contributed by atoms with Crippen LogP contribution in [0.2, 0.25) is 0 Å². The number of hydrogen-bond donors (Lipinski definition) is 1. The van der Waals surface area contributed by atoms with Crippen LogP contribution in [0.5, 0.6) is 5.75 Å². The number of para-hydroxylation sites is 1. The van der Waals surface area contributed by atoms with E-state index < -0.39 is 21.3 Å². The Morgan fingerprint density at radius 3 is 2.64 bits per heavy atom. The summed E-state index contributed by atoms with van der Waals surface area (Å²) in [6.07, 6.45) is 1.88. The number of benzene rings is 1. The summed E-state index contributed by atoms with van der Waals surface area (Å²) in [5.41, 5.74) is 2.00. The molecule has 1 aromatic carbocycles. The van der Waals surface area contributed by atoms with Gasteiger partial charge >= 0.3 is 0 Å². The summed E-state index contributed by atoms with van der Waals surface area (Å²) in [4.78, 5) is 17.2. The first-order chi connectivity index (χ1) is 13.1. The van der Waals surface area contributed by atoms with Crippen LogP contribution in [-0.4, -0.2) is 37.7 Å². The van der Waals surface area contributed by atoms with E-state index in [9.17, 15) is 17.8 Å². The zero-order valence-electron chi connectivity index (χ0n) is 16.2. The van der Waals surface area contributed by atoms with Crippen LogP contribution in [0.15, 0.2) is 24.3 Å². The van der Waals surface area contributed by atoms with E-state index in [-0.39, 0.29) is 17.1 Å². The molecular formula is C20H27NO6S. The van der Waals surface area contributed by atoms with Crippen LogP contribution in [0.3, 0.4) is 0 Å². The van der Waals surface area contributed by atoms with E-state index in [2.05, 4.69) is 12.1 Å². The van der Waals surface area contributed by atoms with Crippen molar-refractivity contribution in [3.8, 4) is 5.75 Å². The summed E-state index contributed by atoms with van der Waals surface area (Å²) < 4.78 is 38.3. The van der Waals surface area contributed by atoms with Crippen LogP contribution in [0.4, 0.5) is 0 Å². The number of carbonyl (C=O) groups is 1. The van der Waals surface area contributed by atoms with E-state index in [1.54, 1.807) is 0 Å². The van der Waals surface area contributed by atoms with Gasteiger partial charge in [-0.2, -0.15) is 5.48 Å². The summed E-state index contributed by atoms with van der Waals surface area (Å²) in [6, 6.07) is 8.66. The number of ether oxygens (including phenoxy) is 1. The van der Waals surface area contributed by atoms with Gasteiger partial charge < -0.3 is 9.29 Å². The monoisotopic (exact) mass is 409 g/mol. The zero-order chi connectivity index (χ0) is 20.2. The molecule has 28 heavy (non-hydrogen) atoms. The van der Waals surface area contributed by atoms with Gasteiger partial charge in [-0.1, -0.05) is 26.0 Å². The molecule has 0 aromatic heterocycles. The van der Waals surface area contributed by atoms with Crippen molar-refractivity contribution in [3.05, 3.63) is 29.8 Å². The molecule has 1 aromatic rings. The van der Waals surface area contributed by atoms with Gasteiger partial charge in [0.1, 0.15) is 18.1 Å². The van der Waals surface area contributed by atoms with Gasteiger partial charge in [0, 0.05) is 11.8 Å². The first-order valence-corrected chi connectivity index (χ1v) is 11.4. The molecule has 0 amide bonds. The van der Waals surface area contributed by atoms with Crippen LogP contribution in [0.25, 0.3) is 0 Å². The topological polar surface area (TPSA) is 109 Å². The second-order valence-corrected chi connectivity index (χ2v) is 10.4. The quantitative estimate of drug-likeness (QED) is 0.735. The minimum atomic E-state index is -4.33. The van der Waals surface area contributed by atoms with E-state index in [1.165, 1.54) is 5.56 Å². The zero-order valence-corrected chi connectivity index (χ0v) is 17.0. The van der Waals surface area contributed by atoms with Gasteiger partial charge in [-0.15, -0.1) is 0 Å². The van der Waals surface area contributed by atoms with Crippen molar-refractivity contribution in [3.63, 3.8) is 0 Å². The van der Waals surface area contributed by atoms with E-state index >= 15 is 0 Å². The molecular weight excluding hydrogens is 382 g/mol. The molecule has 2 N–H and O–H groups in total. The Kier molecular flexibility index (Phi) is 4.81. The number of nitrogens with two attached hydrogens (primary N) is 1. The highest BCUT2D eigenvalue weighted by atomic mass is 32.2. The highest BCUT2D eigenvalue weighted by Crippen LogP contribution is 2.64. The highest BCUT2D eigenvalue weighted by molar-refractivity contribution is 7.85. The Bertz CT molecular complexity index is 882. The molecule has 4 atom stereocenters. The fourth-order valence-electron chi connectivity index (χ4n) is 5.47. The summed E-state index contributed by atoms with van der Waals surface area (Å²) >= 11 is 0. The van der Waals surface area contributed by atoms with E-state index in [1.807, 2.05) is 31.5 Å². The number of ketones is 1. The second kappa shape index (κ2) is 6.79. The SMILES string of the molecule is CC1(C)[C@@H]2CC[C@@]1(CS(=O)(=O)[O-])C(=O)C2.c1ccc2c(c1)OC[C@@H]1CO[NH2+][C@H]21. The molecule has 2 heterocycles. The van der Waals surface area contributed by atoms with Crippen molar-refractivity contribution >= 4 is 15.9 Å². The number of carbonyl (C=O) groups excluding carboxylic acids is 1. The average Bonchev–Trinajstić information content (AvgIpc) is 3.24. The molecule has 5 rings (SSSR count). The lowest BCUT2D eigenvalue weighted by Gasteiger charge is -2.37. The van der Waals surface area contributed by atoms with Crippen LogP contribution < -0.4 is 10.2 Å². The number of quaternary nitrogens is 1. The molecule has 8 heteroatoms. The van der Waals surface area contributed by atoms with Gasteiger partial charge in [0.15, 0.2) is 6.04 Å². The molecule has 154 valence electrons. The number of hydroxylamine groups is 1. The fourth-order valence-corrected chi connectivity index (χ4v) is 6.75. The predicted molar refractivity (Wildman–Crippen MR) is 99.2 cm³/mol. The maximum atomic E-state index is 11.8. The molecule has 0 radical (unpaired) electrons. The third-order valence-corrected chi connectivity index (χ3v) is 8.20. The predicted octanol–water partition coefficient (Wildman–Crippen LogP) is 1.17. The van der Waals surface area contributed by atoms with Crippen molar-refractivity contribution < 1.29 is 32.8 Å². The summed E-state index contributed by atoms with van der Waals surface area (Å²) in [6.45, 7) is 5.43. The number of fused-ring (bicyclic) bond motifs is 5. The van der Waals surface area contributed by atoms with Gasteiger partial charge in [-0.3, -0.25) is 4.79 Å². The van der Waals surface area contributed by atoms with Crippen molar-refractivity contribution in [2.45, 2.75) is 39.2 Å². The van der Waals surface area contributed by atoms with Gasteiger partial charge in [-0.05, 0) is 36.3 Å². The standard InChI is InChI=1S/C10H11NO2.C10H16O4S/c1-2-4-9-8(3-1)10-7(5-12-9)6-13-11-10;1-9(2)7-3-4-10(9,8(11)5-7)6-15(12,13)14/h1-4,7,10-11H,5-6H2;7H,3-6H2,1-2H3,(H,12,13,14)/t7-,10+;7-,10-/m11/s1. The normalized spacial score (nSPS) is 34.8. The first kappa shape index (κ1) is 19.8. The molecule has 7 nitrogen and oxygen atoms in total. The Balaban J connectivity index is 0.000000138. The number of Topliss-reactive ketones (excluding diaryl/α,β-unsaturated/α-hetero) is 1. The molecule has 3 fully saturated rings. The van der Waals surface area contributed by atoms with Gasteiger partial charge in [0.25, 0.3) is 0 Å². The Morgan fingerprint density at radius 2 is 2.00 bits per heavy atom. The Labute approximate surface area is 165 Å². The van der Waals surface area contributed by atoms with Crippen molar-refractivity contribution in [1.82, 2.24) is 0 Å². The van der Waals surface area contributed by atoms with Crippen molar-refractivity contribution in [2.75, 3.05) is 19.0 Å². The Hall–Kier alpha value is -1.48. The van der Waals surface area contributed by atoms with Gasteiger partial charge in [-0.25, -0.2) is 13.3 Å². The third-order valence-electron chi connectivity index (χ3n) is 7.35. The number of rotatable bonds is 2. The maximum Gasteiger partial charge on any atom is 0.153 e. The maximum absolute atomic E-state index is 11.8. The lowest BCUT2D eigenvalue weighted by atomic mass is 9.70. The van der Waals surface area contributed by atoms with Crippen LogP contribution >= 0.6 is 0 Å². The molecule has 2 aliphatic heterocycles. The molecule has 4 aliphatic rings. The van der Waals surface area contributed by atoms with E-state index in [0.717, 1.165) is 25.4 Å².